The van der Waals surface area contributed by atoms with E-state index in [1.165, 1.54) is 29.8 Å². The van der Waals surface area contributed by atoms with Crippen molar-refractivity contribution in [1.82, 2.24) is 19.4 Å². The van der Waals surface area contributed by atoms with Gasteiger partial charge in [0.05, 0.1) is 18.5 Å². The molecule has 8 heteroatoms. The van der Waals surface area contributed by atoms with Crippen LogP contribution in [0.3, 0.4) is 0 Å². The van der Waals surface area contributed by atoms with Gasteiger partial charge in [-0.05, 0) is 50.6 Å². The number of aromatic nitrogens is 2. The molecule has 0 radical (unpaired) electrons. The topological polar surface area (TPSA) is 90.7 Å². The van der Waals surface area contributed by atoms with Crippen LogP contribution in [0.15, 0.2) is 47.5 Å². The molecule has 190 valence electrons. The number of aliphatic hydroxyl groups is 1. The molecule has 2 aliphatic rings. The summed E-state index contributed by atoms with van der Waals surface area (Å²) in [5, 5.41) is 14.4. The number of anilines is 1. The monoisotopic (exact) mass is 481 g/mol. The van der Waals surface area contributed by atoms with Gasteiger partial charge in [0.25, 0.3) is 5.56 Å². The second-order valence-corrected chi connectivity index (χ2v) is 10.3. The van der Waals surface area contributed by atoms with Crippen LogP contribution in [-0.4, -0.2) is 74.7 Å². The lowest BCUT2D eigenvalue weighted by Gasteiger charge is -2.38. The standard InChI is InChI=1S/C27H39N5O3/c1-21(23-8-4-3-5-9-23)17-25(33)31-14-10-27(35,11-15-31)19-32-20-29-24(18-26(32)34)28-12-16-30-13-6-7-22(30)2/h3-5,8-9,18,20-22,28,35H,6-7,10-17,19H2,1-2H3. The lowest BCUT2D eigenvalue weighted by atomic mass is 9.90. The van der Waals surface area contributed by atoms with E-state index in [4.69, 9.17) is 0 Å². The van der Waals surface area contributed by atoms with E-state index in [2.05, 4.69) is 29.0 Å². The number of piperidine rings is 1. The number of rotatable bonds is 9. The molecule has 2 saturated heterocycles. The van der Waals surface area contributed by atoms with Crippen molar-refractivity contribution in [3.8, 4) is 0 Å². The van der Waals surface area contributed by atoms with Crippen LogP contribution in [-0.2, 0) is 11.3 Å². The molecule has 1 aromatic heterocycles. The fraction of sp³-hybridized carbons (Fsp3) is 0.593. The summed E-state index contributed by atoms with van der Waals surface area (Å²) in [6.07, 6.45) is 5.35. The fourth-order valence-corrected chi connectivity index (χ4v) is 5.23. The number of nitrogens with zero attached hydrogens (tertiary/aromatic N) is 4. The molecule has 1 aromatic carbocycles. The second kappa shape index (κ2) is 11.4. The largest absolute Gasteiger partial charge is 0.388 e. The first-order valence-corrected chi connectivity index (χ1v) is 12.9. The van der Waals surface area contributed by atoms with Gasteiger partial charge in [-0.3, -0.25) is 19.1 Å². The highest BCUT2D eigenvalue weighted by molar-refractivity contribution is 5.77. The highest BCUT2D eigenvalue weighted by atomic mass is 16.3. The van der Waals surface area contributed by atoms with Crippen molar-refractivity contribution in [2.24, 2.45) is 0 Å². The summed E-state index contributed by atoms with van der Waals surface area (Å²) >= 11 is 0. The number of hydrogen-bond donors (Lipinski definition) is 2. The summed E-state index contributed by atoms with van der Waals surface area (Å²) in [5.41, 5.74) is -0.0424. The Morgan fingerprint density at radius 2 is 1.97 bits per heavy atom. The minimum absolute atomic E-state index is 0.112. The van der Waals surface area contributed by atoms with E-state index in [1.54, 1.807) is 0 Å². The molecule has 2 atom stereocenters. The summed E-state index contributed by atoms with van der Waals surface area (Å²) in [6.45, 7) is 8.31. The molecule has 0 spiro atoms. The number of hydrogen-bond acceptors (Lipinski definition) is 6. The van der Waals surface area contributed by atoms with Crippen LogP contribution in [0.5, 0.6) is 0 Å². The van der Waals surface area contributed by atoms with Crippen molar-refractivity contribution < 1.29 is 9.90 Å². The van der Waals surface area contributed by atoms with Gasteiger partial charge in [0, 0.05) is 44.7 Å². The van der Waals surface area contributed by atoms with Gasteiger partial charge in [0.2, 0.25) is 5.91 Å². The van der Waals surface area contributed by atoms with E-state index in [9.17, 15) is 14.7 Å². The number of carbonyl (C=O) groups excluding carboxylic acids is 1. The zero-order chi connectivity index (χ0) is 24.8. The number of carbonyl (C=O) groups is 1. The molecule has 0 saturated carbocycles. The highest BCUT2D eigenvalue weighted by Crippen LogP contribution is 2.26. The van der Waals surface area contributed by atoms with Crippen molar-refractivity contribution in [1.29, 1.82) is 0 Å². The van der Waals surface area contributed by atoms with Crippen LogP contribution in [0.4, 0.5) is 5.82 Å². The van der Waals surface area contributed by atoms with Gasteiger partial charge < -0.3 is 15.3 Å². The predicted octanol–water partition coefficient (Wildman–Crippen LogP) is 2.69. The second-order valence-electron chi connectivity index (χ2n) is 10.3. The van der Waals surface area contributed by atoms with Crippen LogP contribution in [0.25, 0.3) is 0 Å². The molecule has 2 aliphatic heterocycles. The van der Waals surface area contributed by atoms with Crippen LogP contribution in [0.2, 0.25) is 0 Å². The van der Waals surface area contributed by atoms with Crippen molar-refractivity contribution in [3.63, 3.8) is 0 Å². The third-order valence-electron chi connectivity index (χ3n) is 7.64. The Morgan fingerprint density at radius 1 is 1.23 bits per heavy atom. The lowest BCUT2D eigenvalue weighted by Crippen LogP contribution is -2.49. The molecule has 2 N–H and O–H groups in total. The average Bonchev–Trinajstić information content (AvgIpc) is 3.26. The van der Waals surface area contributed by atoms with Gasteiger partial charge in [-0.1, -0.05) is 37.3 Å². The minimum atomic E-state index is -1.02. The Balaban J connectivity index is 1.25. The zero-order valence-corrected chi connectivity index (χ0v) is 21.0. The number of likely N-dealkylation sites (tertiary alicyclic amines) is 2. The molecular formula is C27H39N5O3. The normalized spacial score (nSPS) is 21.1. The van der Waals surface area contributed by atoms with Gasteiger partial charge in [0.1, 0.15) is 5.82 Å². The molecule has 2 unspecified atom stereocenters. The first kappa shape index (κ1) is 25.4. The van der Waals surface area contributed by atoms with Crippen LogP contribution >= 0.6 is 0 Å². The molecule has 2 aromatic rings. The molecule has 0 aliphatic carbocycles. The molecule has 8 nitrogen and oxygen atoms in total. The quantitative estimate of drug-likeness (QED) is 0.572. The lowest BCUT2D eigenvalue weighted by molar-refractivity contribution is -0.136. The maximum atomic E-state index is 12.8. The Labute approximate surface area is 208 Å². The molecule has 0 bridgehead atoms. The van der Waals surface area contributed by atoms with E-state index in [1.807, 2.05) is 35.2 Å². The van der Waals surface area contributed by atoms with Gasteiger partial charge in [-0.25, -0.2) is 4.98 Å². The predicted molar refractivity (Wildman–Crippen MR) is 137 cm³/mol. The van der Waals surface area contributed by atoms with Crippen molar-refractivity contribution in [3.05, 3.63) is 58.6 Å². The summed E-state index contributed by atoms with van der Waals surface area (Å²) in [6, 6.07) is 12.2. The third kappa shape index (κ3) is 6.70. The van der Waals surface area contributed by atoms with E-state index in [0.29, 0.717) is 44.2 Å². The maximum absolute atomic E-state index is 12.8. The molecule has 35 heavy (non-hydrogen) atoms. The first-order chi connectivity index (χ1) is 16.8. The first-order valence-electron chi connectivity index (χ1n) is 12.9. The average molecular weight is 482 g/mol. The summed E-state index contributed by atoms with van der Waals surface area (Å²) < 4.78 is 1.47. The number of amides is 1. The van der Waals surface area contributed by atoms with Gasteiger partial charge in [-0.15, -0.1) is 0 Å². The van der Waals surface area contributed by atoms with E-state index < -0.39 is 5.60 Å². The smallest absolute Gasteiger partial charge is 0.255 e. The van der Waals surface area contributed by atoms with Crippen LogP contribution in [0, 0.1) is 0 Å². The highest BCUT2D eigenvalue weighted by Gasteiger charge is 2.35. The molecule has 2 fully saturated rings. The van der Waals surface area contributed by atoms with Gasteiger partial charge in [0.15, 0.2) is 0 Å². The number of nitrogens with one attached hydrogen (secondary N) is 1. The molecule has 4 rings (SSSR count). The molecule has 3 heterocycles. The third-order valence-corrected chi connectivity index (χ3v) is 7.64. The summed E-state index contributed by atoms with van der Waals surface area (Å²) in [4.78, 5) is 34.1. The Kier molecular flexibility index (Phi) is 8.23. The summed E-state index contributed by atoms with van der Waals surface area (Å²) in [5.74, 6) is 0.832. The zero-order valence-electron chi connectivity index (χ0n) is 21.0. The Bertz CT molecular complexity index is 1030. The van der Waals surface area contributed by atoms with Crippen LogP contribution < -0.4 is 10.9 Å². The van der Waals surface area contributed by atoms with Crippen molar-refractivity contribution >= 4 is 11.7 Å². The minimum Gasteiger partial charge on any atom is -0.388 e. The van der Waals surface area contributed by atoms with Crippen molar-refractivity contribution in [2.45, 2.75) is 70.1 Å². The van der Waals surface area contributed by atoms with E-state index in [0.717, 1.165) is 25.2 Å². The van der Waals surface area contributed by atoms with Gasteiger partial charge >= 0.3 is 0 Å². The van der Waals surface area contributed by atoms with Crippen molar-refractivity contribution in [2.75, 3.05) is 38.0 Å². The Hall–Kier alpha value is -2.71. The molecular weight excluding hydrogens is 442 g/mol. The van der Waals surface area contributed by atoms with E-state index in [-0.39, 0.29) is 23.9 Å². The SMILES string of the molecule is CC(CC(=O)N1CCC(O)(Cn2cnc(NCCN3CCCC3C)cc2=O)CC1)c1ccccc1. The summed E-state index contributed by atoms with van der Waals surface area (Å²) in [7, 11) is 0. The fourth-order valence-electron chi connectivity index (χ4n) is 5.23. The van der Waals surface area contributed by atoms with Gasteiger partial charge in [-0.2, -0.15) is 0 Å². The molecule has 1 amide bonds. The maximum Gasteiger partial charge on any atom is 0.255 e. The number of benzene rings is 1. The Morgan fingerprint density at radius 3 is 2.63 bits per heavy atom. The van der Waals surface area contributed by atoms with Crippen LogP contribution in [0.1, 0.15) is 57.4 Å². The van der Waals surface area contributed by atoms with E-state index >= 15 is 0 Å².